The molecular formula is C16H15N5O2S. The summed E-state index contributed by atoms with van der Waals surface area (Å²) in [4.78, 5) is 24.7. The fourth-order valence-corrected chi connectivity index (χ4v) is 4.17. The number of aromatic nitrogens is 4. The molecule has 0 saturated carbocycles. The van der Waals surface area contributed by atoms with Gasteiger partial charge in [0.2, 0.25) is 5.91 Å². The lowest BCUT2D eigenvalue weighted by Gasteiger charge is -2.23. The summed E-state index contributed by atoms with van der Waals surface area (Å²) in [6, 6.07) is 5.03. The van der Waals surface area contributed by atoms with Crippen LogP contribution in [0.5, 0.6) is 0 Å². The van der Waals surface area contributed by atoms with Gasteiger partial charge >= 0.3 is 0 Å². The maximum atomic E-state index is 12.3. The van der Waals surface area contributed by atoms with E-state index in [2.05, 4.69) is 33.6 Å². The van der Waals surface area contributed by atoms with Gasteiger partial charge in [-0.05, 0) is 36.9 Å². The third kappa shape index (κ3) is 2.26. The molecular weight excluding hydrogens is 326 g/mol. The van der Waals surface area contributed by atoms with Crippen LogP contribution in [0.2, 0.25) is 0 Å². The van der Waals surface area contributed by atoms with Gasteiger partial charge in [0.15, 0.2) is 5.82 Å². The molecule has 3 aromatic rings. The Morgan fingerprint density at radius 1 is 1.25 bits per heavy atom. The van der Waals surface area contributed by atoms with Crippen LogP contribution in [-0.4, -0.2) is 25.9 Å². The van der Waals surface area contributed by atoms with Crippen LogP contribution in [0.15, 0.2) is 28.4 Å². The molecule has 0 fully saturated rings. The number of H-pyrrole nitrogens is 1. The molecule has 0 spiro atoms. The topological polar surface area (TPSA) is 92.7 Å². The van der Waals surface area contributed by atoms with Gasteiger partial charge in [-0.2, -0.15) is 14.9 Å². The summed E-state index contributed by atoms with van der Waals surface area (Å²) < 4.78 is 1.58. The highest BCUT2D eigenvalue weighted by molar-refractivity contribution is 7.10. The van der Waals surface area contributed by atoms with Crippen molar-refractivity contribution in [3.63, 3.8) is 0 Å². The minimum atomic E-state index is -0.285. The van der Waals surface area contributed by atoms with E-state index in [0.717, 1.165) is 11.3 Å². The molecule has 4 heterocycles. The second kappa shape index (κ2) is 5.41. The number of aromatic amines is 1. The first-order valence-electron chi connectivity index (χ1n) is 7.54. The van der Waals surface area contributed by atoms with Crippen LogP contribution in [0.3, 0.4) is 0 Å². The summed E-state index contributed by atoms with van der Waals surface area (Å²) in [6.07, 6.45) is 0.403. The van der Waals surface area contributed by atoms with Crippen molar-refractivity contribution in [3.05, 3.63) is 55.6 Å². The zero-order chi connectivity index (χ0) is 16.8. The largest absolute Gasteiger partial charge is 0.310 e. The number of fused-ring (bicyclic) bond motifs is 1. The van der Waals surface area contributed by atoms with Crippen molar-refractivity contribution in [2.75, 3.05) is 5.32 Å². The summed E-state index contributed by atoms with van der Waals surface area (Å²) >= 11 is 1.66. The summed E-state index contributed by atoms with van der Waals surface area (Å²) in [5.41, 5.74) is 2.75. The molecule has 1 atom stereocenters. The van der Waals surface area contributed by atoms with E-state index >= 15 is 0 Å². The third-order valence-electron chi connectivity index (χ3n) is 4.20. The van der Waals surface area contributed by atoms with Gasteiger partial charge in [0.05, 0.1) is 5.69 Å². The van der Waals surface area contributed by atoms with Gasteiger partial charge in [0, 0.05) is 28.8 Å². The smallest absolute Gasteiger partial charge is 0.264 e. The lowest BCUT2D eigenvalue weighted by Crippen LogP contribution is -2.25. The van der Waals surface area contributed by atoms with Crippen LogP contribution in [0, 0.1) is 13.8 Å². The van der Waals surface area contributed by atoms with Crippen molar-refractivity contribution in [2.24, 2.45) is 0 Å². The van der Waals surface area contributed by atoms with E-state index in [9.17, 15) is 9.59 Å². The predicted octanol–water partition coefficient (Wildman–Crippen LogP) is 2.11. The Bertz CT molecular complexity index is 980. The Morgan fingerprint density at radius 2 is 2.08 bits per heavy atom. The molecule has 0 saturated heterocycles. The van der Waals surface area contributed by atoms with Crippen molar-refractivity contribution in [3.8, 4) is 5.82 Å². The number of rotatable bonds is 2. The average molecular weight is 341 g/mol. The van der Waals surface area contributed by atoms with Crippen molar-refractivity contribution in [2.45, 2.75) is 26.2 Å². The molecule has 3 aromatic heterocycles. The quantitative estimate of drug-likeness (QED) is 0.746. The van der Waals surface area contributed by atoms with E-state index in [1.165, 1.54) is 16.5 Å². The maximum Gasteiger partial charge on any atom is 0.264 e. The summed E-state index contributed by atoms with van der Waals surface area (Å²) in [7, 11) is 0. The Morgan fingerprint density at radius 3 is 2.75 bits per heavy atom. The summed E-state index contributed by atoms with van der Waals surface area (Å²) in [5, 5.41) is 15.9. The highest BCUT2D eigenvalue weighted by atomic mass is 32.1. The number of amides is 1. The molecule has 0 bridgehead atoms. The van der Waals surface area contributed by atoms with Crippen molar-refractivity contribution < 1.29 is 4.79 Å². The van der Waals surface area contributed by atoms with Crippen LogP contribution < -0.4 is 10.9 Å². The maximum absolute atomic E-state index is 12.3. The van der Waals surface area contributed by atoms with Crippen LogP contribution in [0.4, 0.5) is 5.82 Å². The molecule has 0 aromatic carbocycles. The fourth-order valence-electron chi connectivity index (χ4n) is 3.13. The van der Waals surface area contributed by atoms with Gasteiger partial charge in [0.1, 0.15) is 5.82 Å². The number of hydrogen-bond donors (Lipinski definition) is 2. The summed E-state index contributed by atoms with van der Waals surface area (Å²) in [6.45, 7) is 3.98. The highest BCUT2D eigenvalue weighted by Crippen LogP contribution is 2.42. The predicted molar refractivity (Wildman–Crippen MR) is 90.9 cm³/mol. The van der Waals surface area contributed by atoms with Crippen molar-refractivity contribution in [1.82, 2.24) is 20.0 Å². The van der Waals surface area contributed by atoms with E-state index in [1.807, 2.05) is 12.3 Å². The van der Waals surface area contributed by atoms with E-state index in [-0.39, 0.29) is 17.4 Å². The fraction of sp³-hybridized carbons (Fsp3) is 0.250. The average Bonchev–Trinajstić information content (AvgIpc) is 3.11. The van der Waals surface area contributed by atoms with Gasteiger partial charge in [-0.1, -0.05) is 0 Å². The van der Waals surface area contributed by atoms with Crippen molar-refractivity contribution >= 4 is 23.1 Å². The van der Waals surface area contributed by atoms with Gasteiger partial charge in [-0.25, -0.2) is 5.10 Å². The molecule has 2 N–H and O–H groups in total. The first kappa shape index (κ1) is 14.8. The molecule has 1 aliphatic heterocycles. The lowest BCUT2D eigenvalue weighted by atomic mass is 9.89. The molecule has 1 amide bonds. The number of hydrogen-bond acceptors (Lipinski definition) is 5. The molecule has 0 unspecified atom stereocenters. The minimum Gasteiger partial charge on any atom is -0.310 e. The number of carbonyl (C=O) groups is 1. The van der Waals surface area contributed by atoms with Crippen molar-refractivity contribution in [1.29, 1.82) is 0 Å². The van der Waals surface area contributed by atoms with E-state index in [4.69, 9.17) is 0 Å². The van der Waals surface area contributed by atoms with E-state index < -0.39 is 0 Å². The zero-order valence-corrected chi connectivity index (χ0v) is 14.0. The standard InChI is InChI=1S/C16H15N5O2S/c1-8-5-6-24-15(8)10-7-13(23)17-16-14(10)9(2)20-21(16)11-3-4-12(22)19-18-11/h3-6,10H,7H2,1-2H3,(H,17,23)(H,19,22)/t10-/m0/s1. The van der Waals surface area contributed by atoms with Crippen LogP contribution in [0.1, 0.15) is 34.0 Å². The van der Waals surface area contributed by atoms with Gasteiger partial charge in [-0.3, -0.25) is 9.59 Å². The van der Waals surface area contributed by atoms with Gasteiger partial charge in [-0.15, -0.1) is 11.3 Å². The first-order chi connectivity index (χ1) is 11.5. The van der Waals surface area contributed by atoms with Crippen LogP contribution in [-0.2, 0) is 4.79 Å². The Kier molecular flexibility index (Phi) is 3.34. The SMILES string of the molecule is Cc1ccsc1[C@H]1CC(=O)Nc2c1c(C)nn2-c1ccc(=O)[nH]n1. The Balaban J connectivity index is 1.90. The van der Waals surface area contributed by atoms with Crippen LogP contribution >= 0.6 is 11.3 Å². The third-order valence-corrected chi connectivity index (χ3v) is 5.33. The molecule has 1 aliphatic rings. The molecule has 24 heavy (non-hydrogen) atoms. The zero-order valence-electron chi connectivity index (χ0n) is 13.2. The van der Waals surface area contributed by atoms with Crippen LogP contribution in [0.25, 0.3) is 5.82 Å². The van der Waals surface area contributed by atoms with Gasteiger partial charge in [0.25, 0.3) is 5.56 Å². The highest BCUT2D eigenvalue weighted by Gasteiger charge is 2.34. The Hall–Kier alpha value is -2.74. The van der Waals surface area contributed by atoms with Gasteiger partial charge < -0.3 is 5.32 Å². The number of nitrogens with one attached hydrogen (secondary N) is 2. The molecule has 122 valence electrons. The number of anilines is 1. The second-order valence-electron chi connectivity index (χ2n) is 5.81. The first-order valence-corrected chi connectivity index (χ1v) is 8.42. The minimum absolute atomic E-state index is 0.00902. The summed E-state index contributed by atoms with van der Waals surface area (Å²) in [5.74, 6) is 1.03. The Labute approximate surface area is 141 Å². The molecule has 8 heteroatoms. The molecule has 0 aliphatic carbocycles. The normalized spacial score (nSPS) is 16.8. The number of nitrogens with zero attached hydrogens (tertiary/aromatic N) is 3. The number of thiophene rings is 1. The van der Waals surface area contributed by atoms with E-state index in [1.54, 1.807) is 22.1 Å². The second-order valence-corrected chi connectivity index (χ2v) is 6.76. The number of carbonyl (C=O) groups excluding carboxylic acids is 1. The lowest BCUT2D eigenvalue weighted by molar-refractivity contribution is -0.116. The molecule has 7 nitrogen and oxygen atoms in total. The molecule has 0 radical (unpaired) electrons. The molecule has 4 rings (SSSR count). The van der Waals surface area contributed by atoms with E-state index in [0.29, 0.717) is 18.1 Å². The monoisotopic (exact) mass is 341 g/mol. The number of aryl methyl sites for hydroxylation is 2.